The van der Waals surface area contributed by atoms with Gasteiger partial charge >= 0.3 is 5.97 Å². The van der Waals surface area contributed by atoms with Crippen molar-refractivity contribution in [3.63, 3.8) is 0 Å². The zero-order chi connectivity index (χ0) is 28.5. The first-order chi connectivity index (χ1) is 19.3. The van der Waals surface area contributed by atoms with Crippen LogP contribution in [0.1, 0.15) is 29.0 Å². The van der Waals surface area contributed by atoms with Gasteiger partial charge in [0.25, 0.3) is 5.69 Å². The summed E-state index contributed by atoms with van der Waals surface area (Å²) in [6.45, 7) is 2.26. The molecule has 10 heteroatoms. The number of nitro groups is 1. The standard InChI is InChI=1S/C30H29N3O7/c1-20-26(32-29(40-20)23-5-3-2-4-6-23)17-18-39-25-14-9-22(10-15-25)19-27(30(35)36)31-28(34)16-11-21-7-12-24(13-8-21)33(37)38/h2-10,12-15,27H,11,16-19H2,1H3,(H,31,34)(H,35,36). The summed E-state index contributed by atoms with van der Waals surface area (Å²) in [6.07, 6.45) is 1.08. The van der Waals surface area contributed by atoms with Gasteiger partial charge in [-0.3, -0.25) is 14.9 Å². The number of carbonyl (C=O) groups is 2. The van der Waals surface area contributed by atoms with E-state index in [0.29, 0.717) is 31.1 Å². The minimum Gasteiger partial charge on any atom is -0.493 e. The van der Waals surface area contributed by atoms with Crippen molar-refractivity contribution in [1.29, 1.82) is 0 Å². The van der Waals surface area contributed by atoms with Gasteiger partial charge in [-0.05, 0) is 48.7 Å². The van der Waals surface area contributed by atoms with E-state index in [1.54, 1.807) is 36.4 Å². The monoisotopic (exact) mass is 543 g/mol. The van der Waals surface area contributed by atoms with Crippen LogP contribution in [0.25, 0.3) is 11.5 Å². The number of amides is 1. The number of aromatic nitrogens is 1. The first-order valence-corrected chi connectivity index (χ1v) is 12.8. The van der Waals surface area contributed by atoms with Gasteiger partial charge in [0, 0.05) is 37.0 Å². The van der Waals surface area contributed by atoms with Crippen LogP contribution in [-0.4, -0.2) is 39.5 Å². The zero-order valence-electron chi connectivity index (χ0n) is 21.9. The number of nitro benzene ring substituents is 1. The number of carboxylic acid groups (broad SMARTS) is 1. The van der Waals surface area contributed by atoms with Crippen LogP contribution in [-0.2, 0) is 28.9 Å². The van der Waals surface area contributed by atoms with Crippen molar-refractivity contribution in [2.75, 3.05) is 6.61 Å². The zero-order valence-corrected chi connectivity index (χ0v) is 21.9. The van der Waals surface area contributed by atoms with E-state index in [4.69, 9.17) is 9.15 Å². The number of aryl methyl sites for hydroxylation is 2. The quantitative estimate of drug-likeness (QED) is 0.178. The summed E-state index contributed by atoms with van der Waals surface area (Å²) in [6, 6.07) is 21.5. The smallest absolute Gasteiger partial charge is 0.326 e. The fraction of sp³-hybridized carbons (Fsp3) is 0.233. The van der Waals surface area contributed by atoms with E-state index in [9.17, 15) is 24.8 Å². The van der Waals surface area contributed by atoms with Crippen LogP contribution >= 0.6 is 0 Å². The van der Waals surface area contributed by atoms with E-state index in [-0.39, 0.29) is 18.5 Å². The van der Waals surface area contributed by atoms with Gasteiger partial charge in [0.2, 0.25) is 11.8 Å². The summed E-state index contributed by atoms with van der Waals surface area (Å²) >= 11 is 0. The van der Waals surface area contributed by atoms with Gasteiger partial charge in [0.05, 0.1) is 17.2 Å². The van der Waals surface area contributed by atoms with Crippen molar-refractivity contribution < 1.29 is 28.8 Å². The van der Waals surface area contributed by atoms with Crippen LogP contribution in [0.3, 0.4) is 0 Å². The predicted molar refractivity (Wildman–Crippen MR) is 147 cm³/mol. The maximum atomic E-state index is 12.4. The highest BCUT2D eigenvalue weighted by Crippen LogP contribution is 2.22. The molecule has 0 aliphatic rings. The molecule has 0 spiro atoms. The second-order valence-electron chi connectivity index (χ2n) is 9.22. The van der Waals surface area contributed by atoms with Crippen molar-refractivity contribution in [3.05, 3.63) is 112 Å². The van der Waals surface area contributed by atoms with E-state index in [1.807, 2.05) is 37.3 Å². The largest absolute Gasteiger partial charge is 0.493 e. The molecule has 3 aromatic carbocycles. The number of hydrogen-bond acceptors (Lipinski definition) is 7. The Hall–Kier alpha value is -4.99. The third-order valence-corrected chi connectivity index (χ3v) is 6.31. The van der Waals surface area contributed by atoms with Gasteiger partial charge in [-0.25, -0.2) is 9.78 Å². The Morgan fingerprint density at radius 3 is 2.33 bits per heavy atom. The molecule has 0 radical (unpaired) electrons. The molecule has 0 saturated heterocycles. The number of aliphatic carboxylic acids is 1. The fourth-order valence-corrected chi connectivity index (χ4v) is 4.10. The molecule has 0 bridgehead atoms. The molecule has 4 rings (SSSR count). The maximum absolute atomic E-state index is 12.4. The van der Waals surface area contributed by atoms with Gasteiger partial charge in [-0.2, -0.15) is 0 Å². The average molecular weight is 544 g/mol. The van der Waals surface area contributed by atoms with Gasteiger partial charge in [0.15, 0.2) is 0 Å². The third-order valence-electron chi connectivity index (χ3n) is 6.31. The molecule has 1 aromatic heterocycles. The molecule has 10 nitrogen and oxygen atoms in total. The van der Waals surface area contributed by atoms with E-state index < -0.39 is 22.8 Å². The first kappa shape index (κ1) is 28.0. The summed E-state index contributed by atoms with van der Waals surface area (Å²) in [5.74, 6) is 0.398. The van der Waals surface area contributed by atoms with Crippen molar-refractivity contribution in [2.45, 2.75) is 38.6 Å². The Morgan fingerprint density at radius 1 is 1.00 bits per heavy atom. The Balaban J connectivity index is 1.24. The molecule has 1 unspecified atom stereocenters. The number of carbonyl (C=O) groups excluding carboxylic acids is 1. The highest BCUT2D eigenvalue weighted by Gasteiger charge is 2.20. The van der Waals surface area contributed by atoms with Gasteiger partial charge < -0.3 is 19.6 Å². The predicted octanol–water partition coefficient (Wildman–Crippen LogP) is 4.92. The van der Waals surface area contributed by atoms with Crippen LogP contribution in [0, 0.1) is 17.0 Å². The molecule has 0 aliphatic heterocycles. The normalized spacial score (nSPS) is 11.5. The summed E-state index contributed by atoms with van der Waals surface area (Å²) in [4.78, 5) is 39.0. The van der Waals surface area contributed by atoms with Gasteiger partial charge in [-0.1, -0.05) is 42.5 Å². The van der Waals surface area contributed by atoms with Crippen LogP contribution < -0.4 is 10.1 Å². The average Bonchev–Trinajstić information content (AvgIpc) is 3.33. The van der Waals surface area contributed by atoms with E-state index >= 15 is 0 Å². The van der Waals surface area contributed by atoms with Crippen LogP contribution in [0.4, 0.5) is 5.69 Å². The lowest BCUT2D eigenvalue weighted by atomic mass is 10.0. The highest BCUT2D eigenvalue weighted by molar-refractivity contribution is 5.83. The Bertz CT molecular complexity index is 1450. The number of carboxylic acids is 1. The summed E-state index contributed by atoms with van der Waals surface area (Å²) < 4.78 is 11.6. The number of ether oxygens (including phenoxy) is 1. The fourth-order valence-electron chi connectivity index (χ4n) is 4.10. The number of nitrogens with one attached hydrogen (secondary N) is 1. The van der Waals surface area contributed by atoms with Crippen LogP contribution in [0.5, 0.6) is 5.75 Å². The molecule has 1 heterocycles. The number of oxazole rings is 1. The molecule has 1 amide bonds. The van der Waals surface area contributed by atoms with Crippen molar-refractivity contribution in [2.24, 2.45) is 0 Å². The number of benzene rings is 3. The molecule has 0 fully saturated rings. The van der Waals surface area contributed by atoms with E-state index in [0.717, 1.165) is 28.1 Å². The second kappa shape index (κ2) is 13.2. The summed E-state index contributed by atoms with van der Waals surface area (Å²) in [7, 11) is 0. The molecule has 0 saturated carbocycles. The van der Waals surface area contributed by atoms with E-state index in [2.05, 4.69) is 10.3 Å². The Labute approximate surface area is 230 Å². The minimum absolute atomic E-state index is 0.0296. The molecule has 0 aliphatic carbocycles. The topological polar surface area (TPSA) is 145 Å². The molecule has 2 N–H and O–H groups in total. The number of non-ortho nitro benzene ring substituents is 1. The van der Waals surface area contributed by atoms with Crippen LogP contribution in [0.15, 0.2) is 83.3 Å². The Kier molecular flexibility index (Phi) is 9.24. The Morgan fingerprint density at radius 2 is 1.68 bits per heavy atom. The maximum Gasteiger partial charge on any atom is 0.326 e. The highest BCUT2D eigenvalue weighted by atomic mass is 16.6. The molecule has 1 atom stereocenters. The van der Waals surface area contributed by atoms with Crippen molar-refractivity contribution >= 4 is 17.6 Å². The SMILES string of the molecule is Cc1oc(-c2ccccc2)nc1CCOc1ccc(CC(NC(=O)CCc2ccc([N+](=O)[O-])cc2)C(=O)O)cc1. The molecular weight excluding hydrogens is 514 g/mol. The van der Waals surface area contributed by atoms with Crippen molar-refractivity contribution in [3.8, 4) is 17.2 Å². The van der Waals surface area contributed by atoms with Gasteiger partial charge in [-0.15, -0.1) is 0 Å². The molecule has 4 aromatic rings. The van der Waals surface area contributed by atoms with E-state index in [1.165, 1.54) is 12.1 Å². The number of nitrogens with zero attached hydrogens (tertiary/aromatic N) is 2. The van der Waals surface area contributed by atoms with Crippen LogP contribution in [0.2, 0.25) is 0 Å². The van der Waals surface area contributed by atoms with Gasteiger partial charge in [0.1, 0.15) is 17.6 Å². The lowest BCUT2D eigenvalue weighted by Crippen LogP contribution is -2.42. The third kappa shape index (κ3) is 7.76. The summed E-state index contributed by atoms with van der Waals surface area (Å²) in [5.41, 5.74) is 3.18. The molecular formula is C30H29N3O7. The molecule has 206 valence electrons. The second-order valence-corrected chi connectivity index (χ2v) is 9.22. The lowest BCUT2D eigenvalue weighted by Gasteiger charge is -2.15. The lowest BCUT2D eigenvalue weighted by molar-refractivity contribution is -0.384. The van der Waals surface area contributed by atoms with Crippen molar-refractivity contribution in [1.82, 2.24) is 10.3 Å². The first-order valence-electron chi connectivity index (χ1n) is 12.8. The number of rotatable bonds is 13. The number of hydrogen-bond donors (Lipinski definition) is 2. The summed E-state index contributed by atoms with van der Waals surface area (Å²) in [5, 5.41) is 22.9. The molecule has 40 heavy (non-hydrogen) atoms. The minimum atomic E-state index is -1.14.